The van der Waals surface area contributed by atoms with Gasteiger partial charge in [-0.15, -0.1) is 0 Å². The number of benzene rings is 1. The van der Waals surface area contributed by atoms with Gasteiger partial charge in [0.2, 0.25) is 0 Å². The molecule has 1 N–H and O–H groups in total. The lowest BCUT2D eigenvalue weighted by molar-refractivity contribution is 0.458. The smallest absolute Gasteiger partial charge is 0.185 e. The minimum absolute atomic E-state index is 0.0841. The van der Waals surface area contributed by atoms with E-state index >= 15 is 0 Å². The quantitative estimate of drug-likeness (QED) is 0.678. The summed E-state index contributed by atoms with van der Waals surface area (Å²) < 4.78 is 52.3. The zero-order valence-electron chi connectivity index (χ0n) is 8.92. The second-order valence-electron chi connectivity index (χ2n) is 3.40. The van der Waals surface area contributed by atoms with Gasteiger partial charge in [0.15, 0.2) is 23.3 Å². The fraction of sp³-hybridized carbons (Fsp3) is 0.0909. The summed E-state index contributed by atoms with van der Waals surface area (Å²) in [6.07, 6.45) is 2.68. The fourth-order valence-corrected chi connectivity index (χ4v) is 1.33. The summed E-state index contributed by atoms with van der Waals surface area (Å²) in [7, 11) is 0. The predicted molar refractivity (Wildman–Crippen MR) is 55.6 cm³/mol. The molecule has 0 amide bonds. The average molecular weight is 257 g/mol. The van der Waals surface area contributed by atoms with E-state index in [4.69, 9.17) is 0 Å². The number of rotatable bonds is 3. The number of aromatic nitrogens is 2. The van der Waals surface area contributed by atoms with Crippen molar-refractivity contribution >= 4 is 5.69 Å². The van der Waals surface area contributed by atoms with Gasteiger partial charge in [0, 0.05) is 12.3 Å². The van der Waals surface area contributed by atoms with Gasteiger partial charge in [-0.1, -0.05) is 0 Å². The molecule has 1 aromatic carbocycles. The molecule has 0 saturated carbocycles. The minimum Gasteiger partial charge on any atom is -0.374 e. The van der Waals surface area contributed by atoms with Crippen LogP contribution in [0.1, 0.15) is 5.69 Å². The van der Waals surface area contributed by atoms with Crippen LogP contribution < -0.4 is 5.32 Å². The highest BCUT2D eigenvalue weighted by molar-refractivity contribution is 5.47. The molecular formula is C11H7F4N3. The van der Waals surface area contributed by atoms with Gasteiger partial charge in [0.1, 0.15) is 12.0 Å². The summed E-state index contributed by atoms with van der Waals surface area (Å²) in [6, 6.07) is 1.65. The highest BCUT2D eigenvalue weighted by Crippen LogP contribution is 2.24. The zero-order chi connectivity index (χ0) is 13.1. The number of hydrogen-bond acceptors (Lipinski definition) is 3. The zero-order valence-corrected chi connectivity index (χ0v) is 8.92. The molecule has 0 fully saturated rings. The van der Waals surface area contributed by atoms with Crippen LogP contribution in [0.3, 0.4) is 0 Å². The summed E-state index contributed by atoms with van der Waals surface area (Å²) in [5, 5.41) is 2.26. The van der Waals surface area contributed by atoms with Crippen molar-refractivity contribution in [2.24, 2.45) is 0 Å². The Morgan fingerprint density at radius 2 is 1.72 bits per heavy atom. The van der Waals surface area contributed by atoms with Gasteiger partial charge in [-0.2, -0.15) is 0 Å². The molecule has 18 heavy (non-hydrogen) atoms. The molecule has 7 heteroatoms. The van der Waals surface area contributed by atoms with E-state index in [-0.39, 0.29) is 12.6 Å². The molecule has 0 aliphatic rings. The molecule has 1 heterocycles. The molecule has 0 aliphatic heterocycles. The maximum Gasteiger partial charge on any atom is 0.185 e. The van der Waals surface area contributed by atoms with Crippen LogP contribution in [0.4, 0.5) is 23.2 Å². The first-order chi connectivity index (χ1) is 8.59. The first-order valence-corrected chi connectivity index (χ1v) is 4.91. The lowest BCUT2D eigenvalue weighted by Crippen LogP contribution is -2.08. The van der Waals surface area contributed by atoms with Crippen LogP contribution in [0.25, 0.3) is 0 Å². The van der Waals surface area contributed by atoms with E-state index < -0.39 is 29.0 Å². The Bertz CT molecular complexity index is 534. The standard InChI is InChI=1S/C11H7F4N3/c12-7-3-8(13)10(15)11(9(7)14)17-4-6-1-2-16-5-18-6/h1-3,5,17H,4H2. The second-order valence-corrected chi connectivity index (χ2v) is 3.40. The van der Waals surface area contributed by atoms with Crippen molar-refractivity contribution in [1.29, 1.82) is 0 Å². The maximum absolute atomic E-state index is 13.3. The van der Waals surface area contributed by atoms with E-state index in [1.807, 2.05) is 0 Å². The van der Waals surface area contributed by atoms with Crippen LogP contribution in [0.5, 0.6) is 0 Å². The normalized spacial score (nSPS) is 10.4. The van der Waals surface area contributed by atoms with Gasteiger partial charge >= 0.3 is 0 Å². The van der Waals surface area contributed by atoms with Crippen molar-refractivity contribution in [2.75, 3.05) is 5.32 Å². The highest BCUT2D eigenvalue weighted by Gasteiger charge is 2.18. The van der Waals surface area contributed by atoms with Gasteiger partial charge in [-0.3, -0.25) is 0 Å². The topological polar surface area (TPSA) is 37.8 Å². The van der Waals surface area contributed by atoms with Crippen molar-refractivity contribution < 1.29 is 17.6 Å². The maximum atomic E-state index is 13.3. The van der Waals surface area contributed by atoms with Crippen LogP contribution in [0.2, 0.25) is 0 Å². The molecule has 1 aromatic heterocycles. The highest BCUT2D eigenvalue weighted by atomic mass is 19.2. The number of anilines is 1. The average Bonchev–Trinajstić information content (AvgIpc) is 2.38. The molecule has 0 atom stereocenters. The van der Waals surface area contributed by atoms with Crippen molar-refractivity contribution in [3.63, 3.8) is 0 Å². The van der Waals surface area contributed by atoms with E-state index in [0.29, 0.717) is 5.69 Å². The Morgan fingerprint density at radius 3 is 2.28 bits per heavy atom. The van der Waals surface area contributed by atoms with E-state index in [2.05, 4.69) is 15.3 Å². The number of hydrogen-bond donors (Lipinski definition) is 1. The summed E-state index contributed by atoms with van der Waals surface area (Å²) in [6.45, 7) is -0.0841. The fourth-order valence-electron chi connectivity index (χ4n) is 1.33. The largest absolute Gasteiger partial charge is 0.374 e. The molecule has 2 rings (SSSR count). The first kappa shape index (κ1) is 12.3. The number of nitrogens with one attached hydrogen (secondary N) is 1. The van der Waals surface area contributed by atoms with E-state index in [9.17, 15) is 17.6 Å². The number of nitrogens with zero attached hydrogens (tertiary/aromatic N) is 2. The minimum atomic E-state index is -1.47. The Morgan fingerprint density at radius 1 is 1.06 bits per heavy atom. The second kappa shape index (κ2) is 4.99. The summed E-state index contributed by atoms with van der Waals surface area (Å²) in [5.74, 6) is -5.86. The van der Waals surface area contributed by atoms with Crippen molar-refractivity contribution in [2.45, 2.75) is 6.54 Å². The van der Waals surface area contributed by atoms with Crippen LogP contribution in [0, 0.1) is 23.3 Å². The first-order valence-electron chi connectivity index (χ1n) is 4.91. The summed E-state index contributed by atoms with van der Waals surface area (Å²) >= 11 is 0. The van der Waals surface area contributed by atoms with E-state index in [0.717, 1.165) is 0 Å². The van der Waals surface area contributed by atoms with Crippen LogP contribution in [0.15, 0.2) is 24.7 Å². The Labute approximate surface area is 99.5 Å². The van der Waals surface area contributed by atoms with E-state index in [1.165, 1.54) is 18.6 Å². The Balaban J connectivity index is 2.24. The predicted octanol–water partition coefficient (Wildman–Crippen LogP) is 2.65. The molecule has 94 valence electrons. The molecular weight excluding hydrogens is 250 g/mol. The molecule has 0 unspecified atom stereocenters. The molecule has 0 saturated heterocycles. The van der Waals surface area contributed by atoms with Gasteiger partial charge in [0.05, 0.1) is 12.2 Å². The van der Waals surface area contributed by atoms with Crippen LogP contribution >= 0.6 is 0 Å². The van der Waals surface area contributed by atoms with Gasteiger partial charge < -0.3 is 5.32 Å². The molecule has 2 aromatic rings. The molecule has 0 spiro atoms. The lowest BCUT2D eigenvalue weighted by atomic mass is 10.2. The number of halogens is 4. The SMILES string of the molecule is Fc1cc(F)c(F)c(NCc2ccncn2)c1F. The Hall–Kier alpha value is -2.18. The summed E-state index contributed by atoms with van der Waals surface area (Å²) in [4.78, 5) is 7.45. The van der Waals surface area contributed by atoms with Crippen molar-refractivity contribution in [3.8, 4) is 0 Å². The molecule has 0 bridgehead atoms. The third-order valence-electron chi connectivity index (χ3n) is 2.20. The molecule has 0 radical (unpaired) electrons. The van der Waals surface area contributed by atoms with Gasteiger partial charge in [-0.05, 0) is 6.07 Å². The van der Waals surface area contributed by atoms with E-state index in [1.54, 1.807) is 0 Å². The lowest BCUT2D eigenvalue weighted by Gasteiger charge is -2.09. The van der Waals surface area contributed by atoms with Gasteiger partial charge in [-0.25, -0.2) is 27.5 Å². The Kier molecular flexibility index (Phi) is 3.40. The van der Waals surface area contributed by atoms with Crippen LogP contribution in [-0.2, 0) is 6.54 Å². The third-order valence-corrected chi connectivity index (χ3v) is 2.20. The molecule has 0 aliphatic carbocycles. The monoisotopic (exact) mass is 257 g/mol. The third kappa shape index (κ3) is 2.39. The van der Waals surface area contributed by atoms with Crippen molar-refractivity contribution in [1.82, 2.24) is 9.97 Å². The molecule has 3 nitrogen and oxygen atoms in total. The van der Waals surface area contributed by atoms with Gasteiger partial charge in [0.25, 0.3) is 0 Å². The van der Waals surface area contributed by atoms with Crippen LogP contribution in [-0.4, -0.2) is 9.97 Å². The van der Waals surface area contributed by atoms with Crippen molar-refractivity contribution in [3.05, 3.63) is 53.6 Å². The summed E-state index contributed by atoms with van der Waals surface area (Å²) in [5.41, 5.74) is -0.431.